The molecular weight excluding hydrogens is 259 g/mol. The summed E-state index contributed by atoms with van der Waals surface area (Å²) in [5.41, 5.74) is 0.264. The van der Waals surface area contributed by atoms with E-state index in [2.05, 4.69) is 10.6 Å². The van der Waals surface area contributed by atoms with Gasteiger partial charge in [0.1, 0.15) is 0 Å². The van der Waals surface area contributed by atoms with Gasteiger partial charge in [-0.2, -0.15) is 0 Å². The van der Waals surface area contributed by atoms with E-state index in [1.807, 2.05) is 0 Å². The fraction of sp³-hybridized carbons (Fsp3) is 0.273. The summed E-state index contributed by atoms with van der Waals surface area (Å²) < 4.78 is 17.8. The Hall–Kier alpha value is -2.35. The third-order valence-electron chi connectivity index (χ3n) is 2.15. The van der Waals surface area contributed by atoms with Crippen LogP contribution in [0.3, 0.4) is 0 Å². The summed E-state index contributed by atoms with van der Waals surface area (Å²) in [6, 6.07) is 2.96. The molecule has 0 radical (unpaired) electrons. The van der Waals surface area contributed by atoms with Crippen LogP contribution in [0.5, 0.6) is 5.75 Å². The van der Waals surface area contributed by atoms with E-state index >= 15 is 0 Å². The molecule has 1 aromatic carbocycles. The number of carbonyl (C=O) groups is 2. The van der Waals surface area contributed by atoms with Crippen molar-refractivity contribution in [2.45, 2.75) is 6.10 Å². The molecule has 0 spiro atoms. The number of rotatable bonds is 5. The van der Waals surface area contributed by atoms with Gasteiger partial charge in [0, 0.05) is 11.8 Å². The van der Waals surface area contributed by atoms with Crippen molar-refractivity contribution in [3.63, 3.8) is 0 Å². The number of nitrogens with one attached hydrogen (secondary N) is 2. The van der Waals surface area contributed by atoms with Crippen molar-refractivity contribution < 1.29 is 28.9 Å². The van der Waals surface area contributed by atoms with Crippen molar-refractivity contribution in [2.75, 3.05) is 19.0 Å². The van der Waals surface area contributed by atoms with Crippen molar-refractivity contribution in [3.8, 4) is 5.75 Å². The maximum absolute atomic E-state index is 13.1. The molecule has 2 amide bonds. The molecule has 0 saturated carbocycles. The van der Waals surface area contributed by atoms with Crippen molar-refractivity contribution in [1.29, 1.82) is 0 Å². The fourth-order valence-corrected chi connectivity index (χ4v) is 1.19. The molecule has 1 atom stereocenters. The van der Waals surface area contributed by atoms with E-state index in [0.717, 1.165) is 6.07 Å². The molecule has 8 heteroatoms. The van der Waals surface area contributed by atoms with Gasteiger partial charge in [-0.15, -0.1) is 0 Å². The van der Waals surface area contributed by atoms with Gasteiger partial charge in [-0.3, -0.25) is 0 Å². The summed E-state index contributed by atoms with van der Waals surface area (Å²) in [5.74, 6) is -2.05. The normalized spacial score (nSPS) is 11.5. The van der Waals surface area contributed by atoms with E-state index in [9.17, 15) is 14.0 Å². The molecule has 0 aliphatic carbocycles. The summed E-state index contributed by atoms with van der Waals surface area (Å²) >= 11 is 0. The monoisotopic (exact) mass is 272 g/mol. The van der Waals surface area contributed by atoms with Crippen LogP contribution in [0.1, 0.15) is 0 Å². The predicted molar refractivity (Wildman–Crippen MR) is 63.6 cm³/mol. The molecule has 0 aromatic heterocycles. The standard InChI is InChI=1S/C11H13FN2O5/c1-19-9-4-6(2-3-7(9)12)14-11(18)13-5-8(15)10(16)17/h2-4,8,15H,5H2,1H3,(H,16,17)(H2,13,14,18). The number of aliphatic hydroxyl groups excluding tert-OH is 1. The number of hydrogen-bond acceptors (Lipinski definition) is 4. The third kappa shape index (κ3) is 4.43. The summed E-state index contributed by atoms with van der Waals surface area (Å²) in [6.07, 6.45) is -1.69. The molecule has 4 N–H and O–H groups in total. The number of ether oxygens (including phenoxy) is 1. The number of methoxy groups -OCH3 is 1. The largest absolute Gasteiger partial charge is 0.494 e. The SMILES string of the molecule is COc1cc(NC(=O)NCC(O)C(=O)O)ccc1F. The molecule has 1 aromatic rings. The van der Waals surface area contributed by atoms with E-state index in [-0.39, 0.29) is 11.4 Å². The highest BCUT2D eigenvalue weighted by Crippen LogP contribution is 2.21. The molecule has 104 valence electrons. The zero-order valence-corrected chi connectivity index (χ0v) is 10.0. The Bertz CT molecular complexity index is 480. The first kappa shape index (κ1) is 14.7. The zero-order chi connectivity index (χ0) is 14.4. The lowest BCUT2D eigenvalue weighted by Gasteiger charge is -2.10. The first-order valence-electron chi connectivity index (χ1n) is 5.23. The minimum Gasteiger partial charge on any atom is -0.494 e. The number of carbonyl (C=O) groups excluding carboxylic acids is 1. The van der Waals surface area contributed by atoms with Crippen molar-refractivity contribution in [2.24, 2.45) is 0 Å². The number of aliphatic carboxylic acids is 1. The van der Waals surface area contributed by atoms with Crippen LogP contribution in [0.2, 0.25) is 0 Å². The number of hydrogen-bond donors (Lipinski definition) is 4. The number of urea groups is 1. The first-order chi connectivity index (χ1) is 8.93. The number of amides is 2. The van der Waals surface area contributed by atoms with Crippen LogP contribution in [-0.4, -0.2) is 42.0 Å². The first-order valence-corrected chi connectivity index (χ1v) is 5.23. The van der Waals surface area contributed by atoms with Gasteiger partial charge in [0.05, 0.1) is 13.7 Å². The highest BCUT2D eigenvalue weighted by molar-refractivity contribution is 5.89. The van der Waals surface area contributed by atoms with Gasteiger partial charge in [-0.1, -0.05) is 0 Å². The van der Waals surface area contributed by atoms with Crippen LogP contribution in [0.4, 0.5) is 14.9 Å². The maximum Gasteiger partial charge on any atom is 0.334 e. The Morgan fingerprint density at radius 3 is 2.74 bits per heavy atom. The van der Waals surface area contributed by atoms with Crippen LogP contribution in [-0.2, 0) is 4.79 Å². The van der Waals surface area contributed by atoms with Crippen LogP contribution in [0.15, 0.2) is 18.2 Å². The Morgan fingerprint density at radius 2 is 2.16 bits per heavy atom. The minimum atomic E-state index is -1.69. The number of carboxylic acid groups (broad SMARTS) is 1. The highest BCUT2D eigenvalue weighted by Gasteiger charge is 2.14. The molecular formula is C11H13FN2O5. The molecule has 0 aliphatic rings. The van der Waals surface area contributed by atoms with Crippen LogP contribution < -0.4 is 15.4 Å². The lowest BCUT2D eigenvalue weighted by atomic mass is 10.3. The lowest BCUT2D eigenvalue weighted by molar-refractivity contribution is -0.146. The average Bonchev–Trinajstić information content (AvgIpc) is 2.38. The van der Waals surface area contributed by atoms with Crippen molar-refractivity contribution in [3.05, 3.63) is 24.0 Å². The van der Waals surface area contributed by atoms with E-state index < -0.39 is 30.5 Å². The van der Waals surface area contributed by atoms with E-state index in [4.69, 9.17) is 14.9 Å². The zero-order valence-electron chi connectivity index (χ0n) is 10.0. The highest BCUT2D eigenvalue weighted by atomic mass is 19.1. The molecule has 0 aliphatic heterocycles. The Morgan fingerprint density at radius 1 is 1.47 bits per heavy atom. The summed E-state index contributed by atoms with van der Waals surface area (Å²) in [4.78, 5) is 21.7. The topological polar surface area (TPSA) is 108 Å². The maximum atomic E-state index is 13.1. The van der Waals surface area contributed by atoms with Gasteiger partial charge < -0.3 is 25.6 Å². The lowest BCUT2D eigenvalue weighted by Crippen LogP contribution is -2.38. The minimum absolute atomic E-state index is 0.0385. The Labute approximate surface area is 108 Å². The third-order valence-corrected chi connectivity index (χ3v) is 2.15. The van der Waals surface area contributed by atoms with Crippen LogP contribution in [0, 0.1) is 5.82 Å². The molecule has 7 nitrogen and oxygen atoms in total. The van der Waals surface area contributed by atoms with Crippen molar-refractivity contribution >= 4 is 17.7 Å². The fourth-order valence-electron chi connectivity index (χ4n) is 1.19. The number of carboxylic acids is 1. The quantitative estimate of drug-likeness (QED) is 0.620. The molecule has 1 rings (SSSR count). The summed E-state index contributed by atoms with van der Waals surface area (Å²) in [7, 11) is 1.28. The number of anilines is 1. The molecule has 0 fully saturated rings. The Balaban J connectivity index is 2.55. The second kappa shape index (κ2) is 6.55. The molecule has 0 bridgehead atoms. The van der Waals surface area contributed by atoms with Gasteiger partial charge >= 0.3 is 12.0 Å². The molecule has 1 unspecified atom stereocenters. The number of benzene rings is 1. The number of halogens is 1. The molecule has 0 saturated heterocycles. The van der Waals surface area contributed by atoms with Gasteiger partial charge in [-0.05, 0) is 12.1 Å². The van der Waals surface area contributed by atoms with Gasteiger partial charge in [0.25, 0.3) is 0 Å². The van der Waals surface area contributed by atoms with Crippen molar-refractivity contribution in [1.82, 2.24) is 5.32 Å². The van der Waals surface area contributed by atoms with Gasteiger partial charge in [-0.25, -0.2) is 14.0 Å². The van der Waals surface area contributed by atoms with Gasteiger partial charge in [0.15, 0.2) is 17.7 Å². The molecule has 19 heavy (non-hydrogen) atoms. The average molecular weight is 272 g/mol. The number of aliphatic hydroxyl groups is 1. The van der Waals surface area contributed by atoms with E-state index in [1.165, 1.54) is 19.2 Å². The van der Waals surface area contributed by atoms with Crippen LogP contribution in [0.25, 0.3) is 0 Å². The van der Waals surface area contributed by atoms with Crippen LogP contribution >= 0.6 is 0 Å². The predicted octanol–water partition coefficient (Wildman–Crippen LogP) is 0.401. The van der Waals surface area contributed by atoms with E-state index in [1.54, 1.807) is 0 Å². The molecule has 0 heterocycles. The Kier molecular flexibility index (Phi) is 5.07. The smallest absolute Gasteiger partial charge is 0.334 e. The summed E-state index contributed by atoms with van der Waals surface area (Å²) in [6.45, 7) is -0.445. The summed E-state index contributed by atoms with van der Waals surface area (Å²) in [5, 5.41) is 21.8. The second-order valence-corrected chi connectivity index (χ2v) is 3.54. The second-order valence-electron chi connectivity index (χ2n) is 3.54. The van der Waals surface area contributed by atoms with E-state index in [0.29, 0.717) is 0 Å². The van der Waals surface area contributed by atoms with Gasteiger partial charge in [0.2, 0.25) is 0 Å².